The second-order valence-electron chi connectivity index (χ2n) is 13.8. The Morgan fingerprint density at radius 1 is 0.702 bits per heavy atom. The van der Waals surface area contributed by atoms with Crippen molar-refractivity contribution in [1.29, 1.82) is 0 Å². The number of rotatable bonds is 9. The number of benzene rings is 2. The number of nitrogens with zero attached hydrogens (tertiary/aromatic N) is 8. The summed E-state index contributed by atoms with van der Waals surface area (Å²) in [7, 11) is 0. The van der Waals surface area contributed by atoms with E-state index in [1.165, 1.54) is 46.8 Å². The molecule has 17 heteroatoms. The first kappa shape index (κ1) is 42.5. The van der Waals surface area contributed by atoms with Crippen molar-refractivity contribution < 1.29 is 14.7 Å². The largest absolute Gasteiger partial charge is 0.477 e. The number of piperidine rings is 2. The second-order valence-corrected chi connectivity index (χ2v) is 18.0. The molecule has 1 amide bonds. The van der Waals surface area contributed by atoms with Gasteiger partial charge in [-0.15, -0.1) is 22.7 Å². The van der Waals surface area contributed by atoms with Gasteiger partial charge in [-0.1, -0.05) is 0 Å². The Labute approximate surface area is 368 Å². The van der Waals surface area contributed by atoms with Gasteiger partial charge in [-0.25, -0.2) is 14.8 Å². The van der Waals surface area contributed by atoms with Crippen molar-refractivity contribution in [2.75, 3.05) is 47.0 Å². The number of hydrogen-bond acceptors (Lipinski definition) is 11. The van der Waals surface area contributed by atoms with Gasteiger partial charge in [-0.3, -0.25) is 14.2 Å². The van der Waals surface area contributed by atoms with Crippen molar-refractivity contribution in [3.63, 3.8) is 0 Å². The molecule has 0 atom stereocenters. The molecule has 300 valence electrons. The van der Waals surface area contributed by atoms with Crippen LogP contribution in [0.1, 0.15) is 82.3 Å². The number of nitrogens with one attached hydrogen (secondary N) is 1. The van der Waals surface area contributed by atoms with Crippen LogP contribution in [-0.2, 0) is 13.1 Å². The number of halogens is 2. The highest BCUT2D eigenvalue weighted by Crippen LogP contribution is 2.26. The quantitative estimate of drug-likeness (QED) is 0.0944. The van der Waals surface area contributed by atoms with Crippen LogP contribution in [0.25, 0.3) is 0 Å². The normalized spacial score (nSPS) is 14.0. The summed E-state index contributed by atoms with van der Waals surface area (Å²) in [5.41, 5.74) is 11.1. The smallest absolute Gasteiger partial charge is 0.354 e. The number of carbonyl (C=O) groups is 2. The molecule has 6 heterocycles. The Morgan fingerprint density at radius 2 is 1.14 bits per heavy atom. The number of thiazole rings is 2. The molecule has 2 aromatic carbocycles. The van der Waals surface area contributed by atoms with Crippen LogP contribution in [-0.4, -0.2) is 72.7 Å². The maximum atomic E-state index is 12.8. The molecule has 0 aliphatic carbocycles. The topological polar surface area (TPSA) is 160 Å². The van der Waals surface area contributed by atoms with Crippen LogP contribution < -0.4 is 20.9 Å². The number of amides is 1. The lowest BCUT2D eigenvalue weighted by molar-refractivity contribution is 0.0683. The Kier molecular flexibility index (Phi) is 15.3. The summed E-state index contributed by atoms with van der Waals surface area (Å²) < 4.78 is 5.60. The fourth-order valence-corrected chi connectivity index (χ4v) is 8.84. The van der Waals surface area contributed by atoms with Gasteiger partial charge in [0.2, 0.25) is 0 Å². The van der Waals surface area contributed by atoms with E-state index in [1.54, 1.807) is 40.3 Å². The number of carbonyl (C=O) groups excluding carboxylic acids is 1. The van der Waals surface area contributed by atoms with Gasteiger partial charge in [0.1, 0.15) is 11.4 Å². The van der Waals surface area contributed by atoms with Crippen LogP contribution in [0.15, 0.2) is 71.4 Å². The van der Waals surface area contributed by atoms with Crippen LogP contribution in [0.4, 0.5) is 21.6 Å². The lowest BCUT2D eigenvalue weighted by Gasteiger charge is -2.25. The van der Waals surface area contributed by atoms with E-state index in [2.05, 4.69) is 80.9 Å². The molecule has 2 saturated heterocycles. The Hall–Kier alpha value is -4.08. The molecule has 4 aromatic heterocycles. The molecular formula is C40H46I2N10O3S2. The van der Waals surface area contributed by atoms with E-state index < -0.39 is 5.97 Å². The summed E-state index contributed by atoms with van der Waals surface area (Å²) in [6.45, 7) is 8.88. The minimum Gasteiger partial charge on any atom is -0.477 e. The molecule has 0 radical (unpaired) electrons. The third-order valence-electron chi connectivity index (χ3n) is 9.18. The molecule has 0 unspecified atom stereocenters. The number of aromatic nitrogens is 6. The summed E-state index contributed by atoms with van der Waals surface area (Å²) in [4.78, 5) is 38.0. The van der Waals surface area contributed by atoms with E-state index in [-0.39, 0.29) is 11.6 Å². The van der Waals surface area contributed by atoms with Crippen LogP contribution >= 0.6 is 67.9 Å². The van der Waals surface area contributed by atoms with Crippen molar-refractivity contribution in [3.05, 3.63) is 113 Å². The zero-order chi connectivity index (χ0) is 40.3. The lowest BCUT2D eigenvalue weighted by atomic mass is 10.1. The van der Waals surface area contributed by atoms with E-state index in [0.29, 0.717) is 24.5 Å². The molecular weight excluding hydrogens is 986 g/mol. The van der Waals surface area contributed by atoms with E-state index in [4.69, 9.17) is 10.7 Å². The molecule has 57 heavy (non-hydrogen) atoms. The lowest BCUT2D eigenvalue weighted by Crippen LogP contribution is -2.29. The van der Waals surface area contributed by atoms with Gasteiger partial charge >= 0.3 is 5.97 Å². The molecule has 2 fully saturated rings. The first-order chi connectivity index (χ1) is 27.5. The monoisotopic (exact) mass is 1030 g/mol. The number of carboxylic acid groups (broad SMARTS) is 1. The van der Waals surface area contributed by atoms with Gasteiger partial charge in [0.15, 0.2) is 10.3 Å². The summed E-state index contributed by atoms with van der Waals surface area (Å²) in [5.74, 6) is -1.12. The Morgan fingerprint density at radius 3 is 1.60 bits per heavy atom. The van der Waals surface area contributed by atoms with Gasteiger partial charge < -0.3 is 26.0 Å². The van der Waals surface area contributed by atoms with Gasteiger partial charge in [0.25, 0.3) is 5.91 Å². The average Bonchev–Trinajstić information content (AvgIpc) is 4.03. The third-order valence-corrected chi connectivity index (χ3v) is 12.5. The first-order valence-electron chi connectivity index (χ1n) is 18.8. The van der Waals surface area contributed by atoms with Gasteiger partial charge in [0, 0.05) is 55.5 Å². The summed E-state index contributed by atoms with van der Waals surface area (Å²) in [6.07, 6.45) is 7.50. The molecule has 0 spiro atoms. The molecule has 13 nitrogen and oxygen atoms in total. The summed E-state index contributed by atoms with van der Waals surface area (Å²) in [6, 6.07) is 18.9. The fourth-order valence-electron chi connectivity index (χ4n) is 6.38. The number of carboxylic acids is 1. The SMILES string of the molecule is Cc1cc(C(=O)Nc2ccc(I)cc2)n(Cc2csc(N3CCCCC3)n2)n1.Cc1cc(C(=O)O)n(Cc2csc(N3CCCCC3)n2)n1.Nc1ccc(I)cc1. The molecule has 2 aliphatic heterocycles. The Bertz CT molecular complexity index is 2200. The van der Waals surface area contributed by atoms with Gasteiger partial charge in [-0.2, -0.15) is 10.2 Å². The molecule has 0 bridgehead atoms. The van der Waals surface area contributed by atoms with E-state index in [0.717, 1.165) is 68.5 Å². The minimum absolute atomic E-state index is 0.159. The van der Waals surface area contributed by atoms with Crippen molar-refractivity contribution in [3.8, 4) is 0 Å². The van der Waals surface area contributed by atoms with Crippen LogP contribution in [0.2, 0.25) is 0 Å². The van der Waals surface area contributed by atoms with Crippen molar-refractivity contribution >= 4 is 101 Å². The zero-order valence-electron chi connectivity index (χ0n) is 31.9. The number of nitrogens with two attached hydrogens (primary N) is 1. The average molecular weight is 1030 g/mol. The zero-order valence-corrected chi connectivity index (χ0v) is 37.9. The highest BCUT2D eigenvalue weighted by atomic mass is 127. The van der Waals surface area contributed by atoms with Gasteiger partial charge in [-0.05, 0) is 158 Å². The molecule has 8 rings (SSSR count). The van der Waals surface area contributed by atoms with E-state index in [9.17, 15) is 14.7 Å². The molecule has 6 aromatic rings. The fraction of sp³-hybridized carbons (Fsp3) is 0.350. The third kappa shape index (κ3) is 12.5. The Balaban J connectivity index is 0.000000166. The highest BCUT2D eigenvalue weighted by molar-refractivity contribution is 14.1. The number of aromatic carboxylic acids is 1. The number of aryl methyl sites for hydroxylation is 2. The van der Waals surface area contributed by atoms with Crippen molar-refractivity contribution in [1.82, 2.24) is 29.5 Å². The summed E-state index contributed by atoms with van der Waals surface area (Å²) >= 11 is 7.78. The van der Waals surface area contributed by atoms with Crippen LogP contribution in [0.3, 0.4) is 0 Å². The van der Waals surface area contributed by atoms with Crippen LogP contribution in [0, 0.1) is 21.0 Å². The predicted molar refractivity (Wildman–Crippen MR) is 246 cm³/mol. The van der Waals surface area contributed by atoms with E-state index in [1.807, 2.05) is 66.9 Å². The van der Waals surface area contributed by atoms with Crippen LogP contribution in [0.5, 0.6) is 0 Å². The van der Waals surface area contributed by atoms with E-state index >= 15 is 0 Å². The highest BCUT2D eigenvalue weighted by Gasteiger charge is 2.19. The molecule has 2 aliphatic rings. The van der Waals surface area contributed by atoms with Crippen molar-refractivity contribution in [2.24, 2.45) is 0 Å². The standard InChI is InChI=1S/C20H22IN5OS.C14H18N4O2S.C6H6IN/c1-14-11-18(19(27)22-16-7-5-15(21)6-8-16)26(24-14)12-17-13-28-20(23-17)25-9-3-2-4-10-25;1-10-7-12(13(19)20)18(16-10)8-11-9-21-14(15-11)17-5-3-2-4-6-17;7-5-1-3-6(8)4-2-5/h5-8,11,13H,2-4,9-10,12H2,1H3,(H,22,27);7,9H,2-6,8H2,1H3,(H,19,20);1-4H,8H2. The molecule has 0 saturated carbocycles. The maximum absolute atomic E-state index is 12.8. The summed E-state index contributed by atoms with van der Waals surface area (Å²) in [5, 5.41) is 27.0. The van der Waals surface area contributed by atoms with Gasteiger partial charge in [0.05, 0.1) is 35.9 Å². The van der Waals surface area contributed by atoms with Crippen molar-refractivity contribution in [2.45, 2.75) is 65.5 Å². The maximum Gasteiger partial charge on any atom is 0.354 e. The second kappa shape index (κ2) is 20.6. The number of nitrogen functional groups attached to an aromatic ring is 1. The first-order valence-corrected chi connectivity index (χ1v) is 22.7. The predicted octanol–water partition coefficient (Wildman–Crippen LogP) is 8.80. The number of hydrogen-bond donors (Lipinski definition) is 3. The minimum atomic E-state index is -0.956. The number of anilines is 4. The molecule has 4 N–H and O–H groups in total.